The molecule has 1 aliphatic heterocycles. The molecule has 26 heavy (non-hydrogen) atoms. The standard InChI is InChI=1S/C20H32N4O.HI/c1-3-21-19(22-14-20(15-25)9-10-20)23-18-11-16(2)24(13-18)12-17-7-5-4-6-8-17;/h4-8,16,18,25H,3,9-15H2,1-2H3,(H2,21,22,23);1H. The van der Waals surface area contributed by atoms with Crippen molar-refractivity contribution in [3.05, 3.63) is 35.9 Å². The number of nitrogens with one attached hydrogen (secondary N) is 2. The van der Waals surface area contributed by atoms with Crippen molar-refractivity contribution >= 4 is 29.9 Å². The van der Waals surface area contributed by atoms with Crippen LogP contribution in [0.4, 0.5) is 0 Å². The summed E-state index contributed by atoms with van der Waals surface area (Å²) in [4.78, 5) is 7.27. The number of hydrogen-bond acceptors (Lipinski definition) is 3. The Balaban J connectivity index is 0.00000243. The number of nitrogens with zero attached hydrogens (tertiary/aromatic N) is 2. The molecule has 2 unspecified atom stereocenters. The minimum absolute atomic E-state index is 0. The van der Waals surface area contributed by atoms with Crippen LogP contribution in [0.3, 0.4) is 0 Å². The summed E-state index contributed by atoms with van der Waals surface area (Å²) in [6.45, 7) is 8.26. The van der Waals surface area contributed by atoms with Crippen molar-refractivity contribution in [1.29, 1.82) is 0 Å². The first-order valence-electron chi connectivity index (χ1n) is 9.58. The second kappa shape index (κ2) is 9.90. The van der Waals surface area contributed by atoms with Gasteiger partial charge in [-0.3, -0.25) is 9.89 Å². The van der Waals surface area contributed by atoms with Crippen molar-refractivity contribution in [2.45, 2.75) is 51.7 Å². The lowest BCUT2D eigenvalue weighted by Crippen LogP contribution is -2.44. The Hall–Kier alpha value is -0.860. The van der Waals surface area contributed by atoms with Crippen LogP contribution in [0.25, 0.3) is 0 Å². The van der Waals surface area contributed by atoms with Gasteiger partial charge in [0.1, 0.15) is 0 Å². The van der Waals surface area contributed by atoms with Crippen LogP contribution in [0.15, 0.2) is 35.3 Å². The van der Waals surface area contributed by atoms with Crippen LogP contribution in [0, 0.1) is 5.41 Å². The van der Waals surface area contributed by atoms with Crippen LogP contribution in [0.5, 0.6) is 0 Å². The molecule has 1 saturated heterocycles. The second-order valence-electron chi connectivity index (χ2n) is 7.69. The monoisotopic (exact) mass is 472 g/mol. The van der Waals surface area contributed by atoms with Crippen molar-refractivity contribution in [1.82, 2.24) is 15.5 Å². The molecular formula is C20H33IN4O. The molecule has 2 atom stereocenters. The number of hydrogen-bond donors (Lipinski definition) is 3. The van der Waals surface area contributed by atoms with Crippen LogP contribution in [0.1, 0.15) is 38.7 Å². The molecule has 2 fully saturated rings. The van der Waals surface area contributed by atoms with Gasteiger partial charge >= 0.3 is 0 Å². The van der Waals surface area contributed by atoms with E-state index in [9.17, 15) is 5.11 Å². The smallest absolute Gasteiger partial charge is 0.191 e. The van der Waals surface area contributed by atoms with E-state index in [1.54, 1.807) is 0 Å². The zero-order valence-electron chi connectivity index (χ0n) is 15.9. The molecule has 1 aromatic carbocycles. The largest absolute Gasteiger partial charge is 0.396 e. The first-order valence-corrected chi connectivity index (χ1v) is 9.58. The topological polar surface area (TPSA) is 59.9 Å². The van der Waals surface area contributed by atoms with Crippen molar-refractivity contribution in [2.24, 2.45) is 10.4 Å². The maximum Gasteiger partial charge on any atom is 0.191 e. The van der Waals surface area contributed by atoms with E-state index in [0.717, 1.165) is 51.4 Å². The van der Waals surface area contributed by atoms with Gasteiger partial charge in [-0.2, -0.15) is 0 Å². The lowest BCUT2D eigenvalue weighted by Gasteiger charge is -2.21. The van der Waals surface area contributed by atoms with Crippen molar-refractivity contribution in [3.8, 4) is 0 Å². The van der Waals surface area contributed by atoms with Crippen molar-refractivity contribution in [2.75, 3.05) is 26.2 Å². The summed E-state index contributed by atoms with van der Waals surface area (Å²) >= 11 is 0. The van der Waals surface area contributed by atoms with E-state index in [1.165, 1.54) is 5.56 Å². The quantitative estimate of drug-likeness (QED) is 0.325. The average molecular weight is 472 g/mol. The summed E-state index contributed by atoms with van der Waals surface area (Å²) in [5.74, 6) is 0.890. The highest BCUT2D eigenvalue weighted by molar-refractivity contribution is 14.0. The summed E-state index contributed by atoms with van der Waals surface area (Å²) in [7, 11) is 0. The Bertz CT molecular complexity index is 576. The first kappa shape index (κ1) is 21.4. The molecule has 0 amide bonds. The van der Waals surface area contributed by atoms with Gasteiger partial charge in [0.15, 0.2) is 5.96 Å². The number of guanidine groups is 1. The minimum Gasteiger partial charge on any atom is -0.396 e. The molecule has 0 aromatic heterocycles. The highest BCUT2D eigenvalue weighted by Gasteiger charge is 2.42. The predicted octanol–water partition coefficient (Wildman–Crippen LogP) is 2.60. The number of rotatable bonds is 7. The Morgan fingerprint density at radius 3 is 2.65 bits per heavy atom. The Labute approximate surface area is 174 Å². The molecule has 1 aromatic rings. The van der Waals surface area contributed by atoms with Gasteiger partial charge in [-0.15, -0.1) is 24.0 Å². The number of halogens is 1. The van der Waals surface area contributed by atoms with E-state index in [4.69, 9.17) is 4.99 Å². The molecule has 0 radical (unpaired) electrons. The van der Waals surface area contributed by atoms with Gasteiger partial charge in [0.05, 0.1) is 13.2 Å². The summed E-state index contributed by atoms with van der Waals surface area (Å²) in [5.41, 5.74) is 1.43. The molecule has 1 heterocycles. The number of likely N-dealkylation sites (tertiary alicyclic amines) is 1. The van der Waals surface area contributed by atoms with Gasteiger partial charge in [0.2, 0.25) is 0 Å². The van der Waals surface area contributed by atoms with Crippen LogP contribution in [-0.2, 0) is 6.54 Å². The second-order valence-corrected chi connectivity index (χ2v) is 7.69. The zero-order valence-corrected chi connectivity index (χ0v) is 18.3. The molecule has 0 bridgehead atoms. The van der Waals surface area contributed by atoms with Gasteiger partial charge in [0.25, 0.3) is 0 Å². The number of aliphatic imine (C=N–C) groups is 1. The summed E-state index contributed by atoms with van der Waals surface area (Å²) in [5, 5.41) is 16.4. The Morgan fingerprint density at radius 2 is 2.04 bits per heavy atom. The average Bonchev–Trinajstić information content (AvgIpc) is 3.33. The first-order chi connectivity index (χ1) is 12.1. The molecule has 1 aliphatic carbocycles. The van der Waals surface area contributed by atoms with Gasteiger partial charge in [-0.1, -0.05) is 30.3 Å². The molecule has 2 aliphatic rings. The van der Waals surface area contributed by atoms with Crippen LogP contribution >= 0.6 is 24.0 Å². The number of aliphatic hydroxyl groups is 1. The van der Waals surface area contributed by atoms with Gasteiger partial charge in [-0.25, -0.2) is 0 Å². The van der Waals surface area contributed by atoms with Crippen molar-refractivity contribution in [3.63, 3.8) is 0 Å². The fraction of sp³-hybridized carbons (Fsp3) is 0.650. The molecule has 146 valence electrons. The third-order valence-corrected chi connectivity index (χ3v) is 5.48. The fourth-order valence-corrected chi connectivity index (χ4v) is 3.54. The third kappa shape index (κ3) is 5.82. The van der Waals surface area contributed by atoms with E-state index in [2.05, 4.69) is 59.7 Å². The number of aliphatic hydroxyl groups excluding tert-OH is 1. The predicted molar refractivity (Wildman–Crippen MR) is 118 cm³/mol. The van der Waals surface area contributed by atoms with Crippen LogP contribution < -0.4 is 10.6 Å². The summed E-state index contributed by atoms with van der Waals surface area (Å²) in [6.07, 6.45) is 3.32. The van der Waals surface area contributed by atoms with Crippen LogP contribution in [0.2, 0.25) is 0 Å². The minimum atomic E-state index is 0. The summed E-state index contributed by atoms with van der Waals surface area (Å²) < 4.78 is 0. The van der Waals surface area contributed by atoms with Gasteiger partial charge in [0, 0.05) is 37.1 Å². The Morgan fingerprint density at radius 1 is 1.31 bits per heavy atom. The molecule has 0 spiro atoms. The molecule has 3 rings (SSSR count). The molecule has 3 N–H and O–H groups in total. The van der Waals surface area contributed by atoms with E-state index >= 15 is 0 Å². The highest BCUT2D eigenvalue weighted by Crippen LogP contribution is 2.45. The maximum atomic E-state index is 9.48. The van der Waals surface area contributed by atoms with E-state index < -0.39 is 0 Å². The molecular weight excluding hydrogens is 439 g/mol. The summed E-state index contributed by atoms with van der Waals surface area (Å²) in [6, 6.07) is 11.7. The lowest BCUT2D eigenvalue weighted by atomic mass is 10.1. The van der Waals surface area contributed by atoms with Crippen molar-refractivity contribution < 1.29 is 5.11 Å². The Kier molecular flexibility index (Phi) is 8.16. The fourth-order valence-electron chi connectivity index (χ4n) is 3.54. The lowest BCUT2D eigenvalue weighted by molar-refractivity contribution is 0.216. The van der Waals surface area contributed by atoms with Crippen LogP contribution in [-0.4, -0.2) is 54.3 Å². The van der Waals surface area contributed by atoms with E-state index in [1.807, 2.05) is 0 Å². The molecule has 5 nitrogen and oxygen atoms in total. The molecule has 6 heteroatoms. The van der Waals surface area contributed by atoms with Gasteiger partial charge < -0.3 is 15.7 Å². The number of benzene rings is 1. The maximum absolute atomic E-state index is 9.48. The highest BCUT2D eigenvalue weighted by atomic mass is 127. The normalized spacial score (nSPS) is 24.8. The SMILES string of the molecule is CCNC(=NCC1(CO)CC1)NC1CC(C)N(Cc2ccccc2)C1.I. The van der Waals surface area contributed by atoms with E-state index in [0.29, 0.717) is 12.1 Å². The zero-order chi connectivity index (χ0) is 17.7. The third-order valence-electron chi connectivity index (χ3n) is 5.48. The van der Waals surface area contributed by atoms with E-state index in [-0.39, 0.29) is 36.0 Å². The molecule has 1 saturated carbocycles. The van der Waals surface area contributed by atoms with Gasteiger partial charge in [-0.05, 0) is 38.7 Å².